The lowest BCUT2D eigenvalue weighted by Crippen LogP contribution is -2.57. The molecule has 1 saturated heterocycles. The average Bonchev–Trinajstić information content (AvgIpc) is 2.85. The first-order valence-corrected chi connectivity index (χ1v) is 7.65. The highest BCUT2D eigenvalue weighted by Crippen LogP contribution is 2.31. The molecule has 19 heavy (non-hydrogen) atoms. The second-order valence-electron chi connectivity index (χ2n) is 6.31. The van der Waals surface area contributed by atoms with Gasteiger partial charge in [0, 0.05) is 6.04 Å². The van der Waals surface area contributed by atoms with Gasteiger partial charge in [0.25, 0.3) is 0 Å². The van der Waals surface area contributed by atoms with Crippen molar-refractivity contribution in [1.29, 1.82) is 0 Å². The van der Waals surface area contributed by atoms with Crippen molar-refractivity contribution in [3.8, 4) is 0 Å². The first kappa shape index (κ1) is 16.8. The Morgan fingerprint density at radius 3 is 2.63 bits per heavy atom. The predicted octanol–water partition coefficient (Wildman–Crippen LogP) is 2.88. The Kier molecular flexibility index (Phi) is 6.13. The van der Waals surface area contributed by atoms with E-state index in [0.717, 1.165) is 38.1 Å². The van der Waals surface area contributed by atoms with E-state index in [9.17, 15) is 4.79 Å². The van der Waals surface area contributed by atoms with Crippen LogP contribution < -0.4 is 10.6 Å². The van der Waals surface area contributed by atoms with Crippen LogP contribution in [0.5, 0.6) is 0 Å². The molecule has 0 aromatic heterocycles. The smallest absolute Gasteiger partial charge is 0.240 e. The number of hydrogen-bond acceptors (Lipinski definition) is 2. The molecule has 2 rings (SSSR count). The Labute approximate surface area is 123 Å². The Balaban J connectivity index is 0.00000180. The molecule has 2 aliphatic rings. The molecule has 1 amide bonds. The summed E-state index contributed by atoms with van der Waals surface area (Å²) in [7, 11) is 0. The van der Waals surface area contributed by atoms with Gasteiger partial charge in [-0.25, -0.2) is 0 Å². The fraction of sp³-hybridized carbons (Fsp3) is 0.933. The van der Waals surface area contributed by atoms with Gasteiger partial charge in [0.1, 0.15) is 0 Å². The highest BCUT2D eigenvalue weighted by molar-refractivity contribution is 5.87. The van der Waals surface area contributed by atoms with Gasteiger partial charge < -0.3 is 10.6 Å². The van der Waals surface area contributed by atoms with Crippen molar-refractivity contribution in [2.24, 2.45) is 11.8 Å². The maximum Gasteiger partial charge on any atom is 0.240 e. The molecule has 4 heteroatoms. The lowest BCUT2D eigenvalue weighted by atomic mass is 9.77. The summed E-state index contributed by atoms with van der Waals surface area (Å²) in [4.78, 5) is 12.5. The zero-order chi connectivity index (χ0) is 13.2. The number of carbonyl (C=O) groups is 1. The maximum absolute atomic E-state index is 12.5. The third-order valence-electron chi connectivity index (χ3n) is 5.31. The molecule has 2 fully saturated rings. The van der Waals surface area contributed by atoms with Crippen LogP contribution in [0, 0.1) is 11.8 Å². The molecule has 0 spiro atoms. The van der Waals surface area contributed by atoms with E-state index in [-0.39, 0.29) is 23.9 Å². The van der Waals surface area contributed by atoms with E-state index in [1.807, 2.05) is 0 Å². The molecule has 1 aliphatic heterocycles. The summed E-state index contributed by atoms with van der Waals surface area (Å²) < 4.78 is 0. The summed E-state index contributed by atoms with van der Waals surface area (Å²) >= 11 is 0. The molecule has 2 N–H and O–H groups in total. The summed E-state index contributed by atoms with van der Waals surface area (Å²) in [6, 6.07) is 0.382. The minimum atomic E-state index is -0.277. The maximum atomic E-state index is 12.5. The number of halogens is 1. The summed E-state index contributed by atoms with van der Waals surface area (Å²) in [5, 5.41) is 6.75. The molecule has 112 valence electrons. The minimum absolute atomic E-state index is 0. The van der Waals surface area contributed by atoms with Crippen LogP contribution in [0.2, 0.25) is 0 Å². The fourth-order valence-electron chi connectivity index (χ4n) is 3.55. The van der Waals surface area contributed by atoms with Gasteiger partial charge >= 0.3 is 0 Å². The van der Waals surface area contributed by atoms with Crippen LogP contribution in [0.25, 0.3) is 0 Å². The van der Waals surface area contributed by atoms with E-state index < -0.39 is 0 Å². The average molecular weight is 289 g/mol. The molecule has 0 radical (unpaired) electrons. The fourth-order valence-corrected chi connectivity index (χ4v) is 3.55. The molecule has 0 aromatic carbocycles. The number of rotatable bonds is 3. The van der Waals surface area contributed by atoms with E-state index in [4.69, 9.17) is 0 Å². The summed E-state index contributed by atoms with van der Waals surface area (Å²) in [6.45, 7) is 7.70. The Morgan fingerprint density at radius 1 is 1.32 bits per heavy atom. The van der Waals surface area contributed by atoms with Crippen molar-refractivity contribution in [3.05, 3.63) is 0 Å². The van der Waals surface area contributed by atoms with Crippen LogP contribution in [-0.4, -0.2) is 24.0 Å². The van der Waals surface area contributed by atoms with Gasteiger partial charge in [-0.3, -0.25) is 4.79 Å². The molecule has 1 saturated carbocycles. The van der Waals surface area contributed by atoms with Crippen molar-refractivity contribution in [2.45, 2.75) is 70.9 Å². The summed E-state index contributed by atoms with van der Waals surface area (Å²) in [5.41, 5.74) is -0.277. The number of carbonyl (C=O) groups excluding carboxylic acids is 1. The predicted molar refractivity (Wildman–Crippen MR) is 81.6 cm³/mol. The molecule has 1 heterocycles. The topological polar surface area (TPSA) is 41.1 Å². The quantitative estimate of drug-likeness (QED) is 0.838. The molecule has 4 atom stereocenters. The summed E-state index contributed by atoms with van der Waals surface area (Å²) in [6.07, 6.45) is 6.73. The van der Waals surface area contributed by atoms with Crippen LogP contribution in [0.15, 0.2) is 0 Å². The van der Waals surface area contributed by atoms with Gasteiger partial charge in [0.15, 0.2) is 0 Å². The first-order chi connectivity index (χ1) is 8.59. The normalized spacial score (nSPS) is 38.6. The van der Waals surface area contributed by atoms with Gasteiger partial charge in [-0.2, -0.15) is 0 Å². The lowest BCUT2D eigenvalue weighted by molar-refractivity contribution is -0.128. The Hall–Kier alpha value is -0.280. The van der Waals surface area contributed by atoms with Gasteiger partial charge in [0.05, 0.1) is 5.54 Å². The van der Waals surface area contributed by atoms with Crippen LogP contribution in [0.4, 0.5) is 0 Å². The van der Waals surface area contributed by atoms with Crippen LogP contribution in [-0.2, 0) is 4.79 Å². The van der Waals surface area contributed by atoms with Gasteiger partial charge in [-0.1, -0.05) is 33.6 Å². The second-order valence-corrected chi connectivity index (χ2v) is 6.31. The van der Waals surface area contributed by atoms with E-state index in [1.54, 1.807) is 0 Å². The minimum Gasteiger partial charge on any atom is -0.351 e. The highest BCUT2D eigenvalue weighted by atomic mass is 35.5. The Bertz CT molecular complexity index is 303. The molecule has 0 aromatic rings. The molecule has 4 unspecified atom stereocenters. The van der Waals surface area contributed by atoms with Gasteiger partial charge in [-0.05, 0) is 44.1 Å². The molecular weight excluding hydrogens is 260 g/mol. The molecule has 1 aliphatic carbocycles. The van der Waals surface area contributed by atoms with E-state index in [2.05, 4.69) is 31.4 Å². The van der Waals surface area contributed by atoms with Crippen molar-refractivity contribution >= 4 is 18.3 Å². The number of hydrogen-bond donors (Lipinski definition) is 2. The first-order valence-electron chi connectivity index (χ1n) is 7.65. The zero-order valence-electron chi connectivity index (χ0n) is 12.5. The number of amides is 1. The van der Waals surface area contributed by atoms with Crippen molar-refractivity contribution in [1.82, 2.24) is 10.6 Å². The highest BCUT2D eigenvalue weighted by Gasteiger charge is 2.41. The van der Waals surface area contributed by atoms with Crippen LogP contribution >= 0.6 is 12.4 Å². The Morgan fingerprint density at radius 2 is 2.05 bits per heavy atom. The molecule has 3 nitrogen and oxygen atoms in total. The van der Waals surface area contributed by atoms with Crippen LogP contribution in [0.1, 0.15) is 59.3 Å². The van der Waals surface area contributed by atoms with Gasteiger partial charge in [0.2, 0.25) is 5.91 Å². The van der Waals surface area contributed by atoms with Gasteiger partial charge in [-0.15, -0.1) is 12.4 Å². The van der Waals surface area contributed by atoms with Crippen molar-refractivity contribution < 1.29 is 4.79 Å². The number of nitrogens with one attached hydrogen (secondary N) is 2. The zero-order valence-corrected chi connectivity index (χ0v) is 13.3. The standard InChI is InChI=1S/C15H28N2O.ClH/c1-4-15(9-6-10-16-15)14(18)17-13-8-5-7-11(2)12(13)3;/h11-13,16H,4-10H2,1-3H3,(H,17,18);1H. The van der Waals surface area contributed by atoms with Crippen molar-refractivity contribution in [3.63, 3.8) is 0 Å². The van der Waals surface area contributed by atoms with Crippen molar-refractivity contribution in [2.75, 3.05) is 6.54 Å². The molecular formula is C15H29ClN2O. The van der Waals surface area contributed by atoms with E-state index in [0.29, 0.717) is 12.0 Å². The molecule has 0 bridgehead atoms. The summed E-state index contributed by atoms with van der Waals surface area (Å²) in [5.74, 6) is 1.59. The monoisotopic (exact) mass is 288 g/mol. The third kappa shape index (κ3) is 3.43. The van der Waals surface area contributed by atoms with E-state index >= 15 is 0 Å². The lowest BCUT2D eigenvalue weighted by Gasteiger charge is -2.37. The SMILES string of the molecule is CCC1(C(=O)NC2CCCC(C)C2C)CCCN1.Cl. The second kappa shape index (κ2) is 6.94. The van der Waals surface area contributed by atoms with Crippen LogP contribution in [0.3, 0.4) is 0 Å². The largest absolute Gasteiger partial charge is 0.351 e. The van der Waals surface area contributed by atoms with E-state index in [1.165, 1.54) is 12.8 Å². The third-order valence-corrected chi connectivity index (χ3v) is 5.31.